The zero-order valence-corrected chi connectivity index (χ0v) is 27.6. The van der Waals surface area contributed by atoms with Gasteiger partial charge in [-0.1, -0.05) is 20.3 Å². The molecule has 17 nitrogen and oxygen atoms in total. The highest BCUT2D eigenvalue weighted by Gasteiger charge is 2.44. The van der Waals surface area contributed by atoms with Crippen LogP contribution in [0.15, 0.2) is 18.2 Å². The van der Waals surface area contributed by atoms with Crippen molar-refractivity contribution in [2.24, 2.45) is 11.1 Å². The largest absolute Gasteiger partial charge is 0.506 e. The standard InChI is InChI=1S/C31H45N7O10/c1-18(28(45)46)37(4)27(44)19-11-12-20(22(39)15-19)36-26(43)21(9-8-13-33-30(32)48)35-24(41)17-34-23(40)10-6-5-7-14-38-25(42)16-31(2,3)29(38)47/h11-12,15,18,21,39H,5-10,13-14,16-17H2,1-4H3,(H,34,40)(H,35,41)(H,36,43)(H,45,46)(H3,32,33,48)/t18-,21?/m0/s1. The molecule has 8 amide bonds. The smallest absolute Gasteiger partial charge is 0.326 e. The number of likely N-dealkylation sites (N-methyl/N-ethyl adjacent to an activating group) is 1. The third-order valence-corrected chi connectivity index (χ3v) is 7.83. The second kappa shape index (κ2) is 17.6. The van der Waals surface area contributed by atoms with E-state index < -0.39 is 65.4 Å². The first kappa shape index (κ1) is 39.0. The van der Waals surface area contributed by atoms with Crippen LogP contribution in [-0.4, -0.2) is 106 Å². The molecule has 0 saturated carbocycles. The van der Waals surface area contributed by atoms with Crippen molar-refractivity contribution < 1.29 is 48.6 Å². The number of nitrogens with one attached hydrogen (secondary N) is 4. The molecule has 48 heavy (non-hydrogen) atoms. The number of carbonyl (C=O) groups is 8. The maximum absolute atomic E-state index is 13.1. The fourth-order valence-electron chi connectivity index (χ4n) is 4.82. The normalized spacial score (nSPS) is 14.9. The summed E-state index contributed by atoms with van der Waals surface area (Å²) >= 11 is 0. The molecular weight excluding hydrogens is 630 g/mol. The van der Waals surface area contributed by atoms with Gasteiger partial charge < -0.3 is 42.1 Å². The Morgan fingerprint density at radius 1 is 1.02 bits per heavy atom. The number of benzene rings is 1. The Kier molecular flexibility index (Phi) is 14.3. The molecule has 0 spiro atoms. The van der Waals surface area contributed by atoms with Crippen LogP contribution in [-0.2, 0) is 28.8 Å². The van der Waals surface area contributed by atoms with Crippen molar-refractivity contribution in [2.75, 3.05) is 32.0 Å². The Bertz CT molecular complexity index is 1410. The van der Waals surface area contributed by atoms with Gasteiger partial charge in [0.15, 0.2) is 0 Å². The Labute approximate surface area is 277 Å². The van der Waals surface area contributed by atoms with Gasteiger partial charge in [0.2, 0.25) is 29.5 Å². The number of likely N-dealkylation sites (tertiary alicyclic amines) is 1. The van der Waals surface area contributed by atoms with Gasteiger partial charge in [-0.25, -0.2) is 9.59 Å². The van der Waals surface area contributed by atoms with E-state index in [2.05, 4.69) is 21.3 Å². The number of carbonyl (C=O) groups excluding carboxylic acids is 7. The van der Waals surface area contributed by atoms with Gasteiger partial charge in [0.05, 0.1) is 17.6 Å². The summed E-state index contributed by atoms with van der Waals surface area (Å²) in [5.41, 5.74) is 4.25. The molecule has 1 aromatic rings. The second-order valence-electron chi connectivity index (χ2n) is 12.2. The first-order valence-corrected chi connectivity index (χ1v) is 15.5. The predicted molar refractivity (Wildman–Crippen MR) is 171 cm³/mol. The van der Waals surface area contributed by atoms with Crippen LogP contribution in [0.4, 0.5) is 10.5 Å². The minimum atomic E-state index is -1.22. The molecule has 264 valence electrons. The number of nitrogens with zero attached hydrogens (tertiary/aromatic N) is 2. The van der Waals surface area contributed by atoms with E-state index >= 15 is 0 Å². The molecule has 2 atom stereocenters. The van der Waals surface area contributed by atoms with Crippen LogP contribution in [0.25, 0.3) is 0 Å². The van der Waals surface area contributed by atoms with Gasteiger partial charge in [-0.2, -0.15) is 0 Å². The Morgan fingerprint density at radius 2 is 1.71 bits per heavy atom. The molecule has 0 aliphatic carbocycles. The van der Waals surface area contributed by atoms with Gasteiger partial charge in [-0.05, 0) is 50.8 Å². The van der Waals surface area contributed by atoms with Gasteiger partial charge in [-0.15, -0.1) is 0 Å². The maximum atomic E-state index is 13.1. The molecule has 1 aliphatic heterocycles. The van der Waals surface area contributed by atoms with Crippen LogP contribution in [0.3, 0.4) is 0 Å². The van der Waals surface area contributed by atoms with Crippen LogP contribution in [0.5, 0.6) is 5.75 Å². The summed E-state index contributed by atoms with van der Waals surface area (Å²) in [4.78, 5) is 99.4. The summed E-state index contributed by atoms with van der Waals surface area (Å²) in [6, 6.07) is 0.538. The third-order valence-electron chi connectivity index (χ3n) is 7.83. The van der Waals surface area contributed by atoms with Crippen molar-refractivity contribution in [1.29, 1.82) is 0 Å². The Balaban J connectivity index is 1.90. The van der Waals surface area contributed by atoms with E-state index in [0.29, 0.717) is 19.3 Å². The zero-order chi connectivity index (χ0) is 36.2. The van der Waals surface area contributed by atoms with Gasteiger partial charge >= 0.3 is 12.0 Å². The van der Waals surface area contributed by atoms with Gasteiger partial charge in [-0.3, -0.25) is 33.7 Å². The highest BCUT2D eigenvalue weighted by Crippen LogP contribution is 2.31. The minimum absolute atomic E-state index is 0.0277. The van der Waals surface area contributed by atoms with E-state index in [1.165, 1.54) is 31.0 Å². The zero-order valence-electron chi connectivity index (χ0n) is 27.6. The molecule has 1 fully saturated rings. The molecular formula is C31H45N7O10. The van der Waals surface area contributed by atoms with E-state index in [0.717, 1.165) is 11.0 Å². The summed E-state index contributed by atoms with van der Waals surface area (Å²) in [6.07, 6.45) is 2.14. The Morgan fingerprint density at radius 3 is 2.29 bits per heavy atom. The minimum Gasteiger partial charge on any atom is -0.506 e. The van der Waals surface area contributed by atoms with Crippen LogP contribution in [0, 0.1) is 5.41 Å². The predicted octanol–water partition coefficient (Wildman–Crippen LogP) is 0.271. The number of amides is 8. The number of nitrogens with two attached hydrogens (primary N) is 1. The van der Waals surface area contributed by atoms with E-state index in [1.54, 1.807) is 13.8 Å². The molecule has 8 N–H and O–H groups in total. The highest BCUT2D eigenvalue weighted by molar-refractivity contribution is 6.05. The van der Waals surface area contributed by atoms with Crippen LogP contribution < -0.4 is 27.0 Å². The van der Waals surface area contributed by atoms with Crippen LogP contribution >= 0.6 is 0 Å². The topological polar surface area (TPSA) is 258 Å². The molecule has 1 aromatic carbocycles. The molecule has 1 heterocycles. The SMILES string of the molecule is C[C@@H](C(=O)O)N(C)C(=O)c1ccc(NC(=O)C(CCCNC(N)=O)NC(=O)CNC(=O)CCCCCN2C(=O)CC(C)(C)C2=O)c(O)c1. The number of primary amides is 1. The highest BCUT2D eigenvalue weighted by atomic mass is 16.4. The van der Waals surface area contributed by atoms with Gasteiger partial charge in [0, 0.05) is 38.5 Å². The number of phenols is 1. The average Bonchev–Trinajstić information content (AvgIpc) is 3.21. The summed E-state index contributed by atoms with van der Waals surface area (Å²) < 4.78 is 0. The third kappa shape index (κ3) is 11.5. The van der Waals surface area contributed by atoms with Crippen LogP contribution in [0.2, 0.25) is 0 Å². The van der Waals surface area contributed by atoms with Crippen molar-refractivity contribution in [1.82, 2.24) is 25.8 Å². The monoisotopic (exact) mass is 675 g/mol. The molecule has 1 aliphatic rings. The summed E-state index contributed by atoms with van der Waals surface area (Å²) in [7, 11) is 1.29. The van der Waals surface area contributed by atoms with Crippen molar-refractivity contribution in [3.05, 3.63) is 23.8 Å². The number of anilines is 1. The second-order valence-corrected chi connectivity index (χ2v) is 12.2. The quantitative estimate of drug-likeness (QED) is 0.0635. The number of carboxylic acid groups (broad SMARTS) is 1. The summed E-state index contributed by atoms with van der Waals surface area (Å²) in [5, 5.41) is 29.5. The number of aromatic hydroxyl groups is 1. The van der Waals surface area contributed by atoms with Crippen molar-refractivity contribution in [3.63, 3.8) is 0 Å². The number of carboxylic acids is 1. The van der Waals surface area contributed by atoms with E-state index in [1.807, 2.05) is 0 Å². The number of unbranched alkanes of at least 4 members (excludes halogenated alkanes) is 2. The maximum Gasteiger partial charge on any atom is 0.326 e. The lowest BCUT2D eigenvalue weighted by Crippen LogP contribution is -2.47. The molecule has 2 rings (SSSR count). The fraction of sp³-hybridized carbons (Fsp3) is 0.548. The first-order chi connectivity index (χ1) is 22.4. The van der Waals surface area contributed by atoms with Crippen molar-refractivity contribution in [2.45, 2.75) is 77.8 Å². The molecule has 0 aromatic heterocycles. The summed E-state index contributed by atoms with van der Waals surface area (Å²) in [6.45, 7) is 4.73. The van der Waals surface area contributed by atoms with Crippen molar-refractivity contribution in [3.8, 4) is 5.75 Å². The first-order valence-electron chi connectivity index (χ1n) is 15.5. The number of rotatable bonds is 18. The van der Waals surface area contributed by atoms with E-state index in [9.17, 15) is 43.5 Å². The number of urea groups is 1. The number of hydrogen-bond donors (Lipinski definition) is 7. The molecule has 0 bridgehead atoms. The van der Waals surface area contributed by atoms with Crippen LogP contribution in [0.1, 0.15) is 76.1 Å². The lowest BCUT2D eigenvalue weighted by Gasteiger charge is -2.22. The Hall–Kier alpha value is -5.22. The molecule has 1 unspecified atom stereocenters. The number of phenolic OH excluding ortho intramolecular Hbond substituents is 1. The summed E-state index contributed by atoms with van der Waals surface area (Å²) in [5.74, 6) is -4.61. The van der Waals surface area contributed by atoms with Gasteiger partial charge in [0.1, 0.15) is 17.8 Å². The number of aliphatic carboxylic acids is 1. The van der Waals surface area contributed by atoms with E-state index in [4.69, 9.17) is 10.8 Å². The van der Waals surface area contributed by atoms with Gasteiger partial charge in [0.25, 0.3) is 5.91 Å². The molecule has 17 heteroatoms. The average molecular weight is 676 g/mol. The molecule has 1 saturated heterocycles. The molecule has 0 radical (unpaired) electrons. The lowest BCUT2D eigenvalue weighted by atomic mass is 9.92. The number of hydrogen-bond acceptors (Lipinski definition) is 9. The fourth-order valence-corrected chi connectivity index (χ4v) is 4.82. The van der Waals surface area contributed by atoms with Crippen molar-refractivity contribution >= 4 is 53.1 Å². The van der Waals surface area contributed by atoms with E-state index in [-0.39, 0.29) is 61.8 Å². The number of imide groups is 1. The lowest BCUT2D eigenvalue weighted by molar-refractivity contribution is -0.142.